The lowest BCUT2D eigenvalue weighted by Crippen LogP contribution is -2.51. The SMILES string of the molecule is CCCCN(C(=O)O)[C@@H]1CCCN(C(=O)c2ccc(CNC)cc2)C1. The Balaban J connectivity index is 2.03. The van der Waals surface area contributed by atoms with Gasteiger partial charge in [0.25, 0.3) is 5.91 Å². The fourth-order valence-electron chi connectivity index (χ4n) is 3.31. The van der Waals surface area contributed by atoms with Crippen LogP contribution < -0.4 is 5.32 Å². The summed E-state index contributed by atoms with van der Waals surface area (Å²) < 4.78 is 0. The first-order chi connectivity index (χ1) is 12.1. The molecule has 1 atom stereocenters. The van der Waals surface area contributed by atoms with Gasteiger partial charge in [0.05, 0.1) is 6.04 Å². The molecule has 138 valence electrons. The van der Waals surface area contributed by atoms with Crippen molar-refractivity contribution in [2.24, 2.45) is 0 Å². The Morgan fingerprint density at radius 3 is 2.64 bits per heavy atom. The molecule has 0 radical (unpaired) electrons. The molecule has 1 aliphatic rings. The molecule has 6 heteroatoms. The van der Waals surface area contributed by atoms with Gasteiger partial charge in [-0.3, -0.25) is 4.79 Å². The molecule has 6 nitrogen and oxygen atoms in total. The highest BCUT2D eigenvalue weighted by Gasteiger charge is 2.30. The highest BCUT2D eigenvalue weighted by atomic mass is 16.4. The number of piperidine rings is 1. The Morgan fingerprint density at radius 1 is 1.32 bits per heavy atom. The highest BCUT2D eigenvalue weighted by molar-refractivity contribution is 5.94. The fourth-order valence-corrected chi connectivity index (χ4v) is 3.31. The van der Waals surface area contributed by atoms with Crippen molar-refractivity contribution in [3.8, 4) is 0 Å². The van der Waals surface area contributed by atoms with Gasteiger partial charge in [0.15, 0.2) is 0 Å². The largest absolute Gasteiger partial charge is 0.465 e. The van der Waals surface area contributed by atoms with E-state index < -0.39 is 6.09 Å². The minimum Gasteiger partial charge on any atom is -0.465 e. The van der Waals surface area contributed by atoms with Crippen LogP contribution in [-0.4, -0.2) is 59.6 Å². The van der Waals surface area contributed by atoms with Gasteiger partial charge in [0, 0.05) is 31.7 Å². The summed E-state index contributed by atoms with van der Waals surface area (Å²) in [5.74, 6) is -0.0125. The van der Waals surface area contributed by atoms with E-state index in [4.69, 9.17) is 0 Å². The molecule has 0 spiro atoms. The molecule has 1 aliphatic heterocycles. The van der Waals surface area contributed by atoms with E-state index in [-0.39, 0.29) is 11.9 Å². The van der Waals surface area contributed by atoms with Crippen LogP contribution in [-0.2, 0) is 6.54 Å². The fraction of sp³-hybridized carbons (Fsp3) is 0.579. The van der Waals surface area contributed by atoms with Crippen LogP contribution in [0.4, 0.5) is 4.79 Å². The minimum atomic E-state index is -0.885. The van der Waals surface area contributed by atoms with Crippen molar-refractivity contribution >= 4 is 12.0 Å². The number of hydrogen-bond donors (Lipinski definition) is 2. The summed E-state index contributed by atoms with van der Waals surface area (Å²) in [6.07, 6.45) is 2.58. The highest BCUT2D eigenvalue weighted by Crippen LogP contribution is 2.19. The van der Waals surface area contributed by atoms with Crippen LogP contribution in [0.25, 0.3) is 0 Å². The van der Waals surface area contributed by atoms with Crippen LogP contribution in [0.5, 0.6) is 0 Å². The van der Waals surface area contributed by atoms with Crippen molar-refractivity contribution in [2.75, 3.05) is 26.7 Å². The Morgan fingerprint density at radius 2 is 2.04 bits per heavy atom. The molecule has 0 unspecified atom stereocenters. The van der Waals surface area contributed by atoms with Crippen LogP contribution in [0.15, 0.2) is 24.3 Å². The predicted molar refractivity (Wildman–Crippen MR) is 97.8 cm³/mol. The molecular weight excluding hydrogens is 318 g/mol. The second-order valence-corrected chi connectivity index (χ2v) is 6.60. The zero-order chi connectivity index (χ0) is 18.2. The van der Waals surface area contributed by atoms with Crippen molar-refractivity contribution in [2.45, 2.75) is 45.2 Å². The average Bonchev–Trinajstić information content (AvgIpc) is 2.62. The van der Waals surface area contributed by atoms with E-state index in [9.17, 15) is 14.7 Å². The summed E-state index contributed by atoms with van der Waals surface area (Å²) in [5, 5.41) is 12.6. The Bertz CT molecular complexity index is 574. The van der Waals surface area contributed by atoms with Gasteiger partial charge in [-0.05, 0) is 44.0 Å². The third-order valence-electron chi connectivity index (χ3n) is 4.70. The van der Waals surface area contributed by atoms with Gasteiger partial charge < -0.3 is 20.2 Å². The van der Waals surface area contributed by atoms with E-state index in [0.717, 1.165) is 37.8 Å². The van der Waals surface area contributed by atoms with Crippen LogP contribution in [0.1, 0.15) is 48.5 Å². The van der Waals surface area contributed by atoms with Gasteiger partial charge in [0.1, 0.15) is 0 Å². The monoisotopic (exact) mass is 347 g/mol. The van der Waals surface area contributed by atoms with E-state index in [0.29, 0.717) is 25.2 Å². The summed E-state index contributed by atoms with van der Waals surface area (Å²) in [5.41, 5.74) is 1.79. The van der Waals surface area contributed by atoms with Crippen molar-refractivity contribution in [1.29, 1.82) is 0 Å². The van der Waals surface area contributed by atoms with E-state index in [1.165, 1.54) is 4.90 Å². The van der Waals surface area contributed by atoms with Gasteiger partial charge in [-0.15, -0.1) is 0 Å². The molecule has 2 N–H and O–H groups in total. The molecule has 1 fully saturated rings. The lowest BCUT2D eigenvalue weighted by atomic mass is 10.0. The van der Waals surface area contributed by atoms with E-state index in [2.05, 4.69) is 12.2 Å². The number of hydrogen-bond acceptors (Lipinski definition) is 3. The van der Waals surface area contributed by atoms with Gasteiger partial charge in [0.2, 0.25) is 0 Å². The number of carbonyl (C=O) groups excluding carboxylic acids is 1. The maximum atomic E-state index is 12.8. The first kappa shape index (κ1) is 19.2. The minimum absolute atomic E-state index is 0.0125. The molecule has 0 aliphatic carbocycles. The molecule has 1 heterocycles. The third-order valence-corrected chi connectivity index (χ3v) is 4.70. The maximum Gasteiger partial charge on any atom is 0.407 e. The summed E-state index contributed by atoms with van der Waals surface area (Å²) in [6.45, 7) is 4.53. The number of benzene rings is 1. The van der Waals surface area contributed by atoms with E-state index >= 15 is 0 Å². The molecule has 2 amide bonds. The number of likely N-dealkylation sites (tertiary alicyclic amines) is 1. The van der Waals surface area contributed by atoms with Crippen molar-refractivity contribution in [3.63, 3.8) is 0 Å². The van der Waals surface area contributed by atoms with E-state index in [1.807, 2.05) is 31.3 Å². The standard InChI is InChI=1S/C19H29N3O3/c1-3-4-12-22(19(24)25)17-6-5-11-21(14-17)18(23)16-9-7-15(8-10-16)13-20-2/h7-10,17,20H,3-6,11-14H2,1-2H3,(H,24,25)/t17-/m1/s1. The summed E-state index contributed by atoms with van der Waals surface area (Å²) in [4.78, 5) is 27.6. The number of rotatable bonds is 7. The smallest absolute Gasteiger partial charge is 0.407 e. The second kappa shape index (κ2) is 9.42. The molecular formula is C19H29N3O3. The van der Waals surface area contributed by atoms with Crippen LogP contribution >= 0.6 is 0 Å². The summed E-state index contributed by atoms with van der Waals surface area (Å²) >= 11 is 0. The van der Waals surface area contributed by atoms with Crippen LogP contribution in [0.2, 0.25) is 0 Å². The summed E-state index contributed by atoms with van der Waals surface area (Å²) in [6, 6.07) is 7.51. The lowest BCUT2D eigenvalue weighted by Gasteiger charge is -2.38. The number of amides is 2. The molecule has 1 saturated heterocycles. The quantitative estimate of drug-likeness (QED) is 0.795. The number of carbonyl (C=O) groups is 2. The molecule has 25 heavy (non-hydrogen) atoms. The third kappa shape index (κ3) is 5.19. The Hall–Kier alpha value is -2.08. The maximum absolute atomic E-state index is 12.8. The normalized spacial score (nSPS) is 17.4. The molecule has 1 aromatic rings. The molecule has 2 rings (SSSR count). The van der Waals surface area contributed by atoms with Crippen LogP contribution in [0, 0.1) is 0 Å². The molecule has 0 bridgehead atoms. The van der Waals surface area contributed by atoms with Gasteiger partial charge >= 0.3 is 6.09 Å². The zero-order valence-corrected chi connectivity index (χ0v) is 15.2. The number of nitrogens with one attached hydrogen (secondary N) is 1. The molecule has 1 aromatic carbocycles. The average molecular weight is 347 g/mol. The van der Waals surface area contributed by atoms with Crippen molar-refractivity contribution < 1.29 is 14.7 Å². The number of carboxylic acid groups (broad SMARTS) is 1. The lowest BCUT2D eigenvalue weighted by molar-refractivity contribution is 0.0559. The van der Waals surface area contributed by atoms with Crippen molar-refractivity contribution in [1.82, 2.24) is 15.1 Å². The van der Waals surface area contributed by atoms with E-state index in [1.54, 1.807) is 4.90 Å². The Labute approximate surface area is 149 Å². The van der Waals surface area contributed by atoms with Gasteiger partial charge in [-0.25, -0.2) is 4.79 Å². The summed E-state index contributed by atoms with van der Waals surface area (Å²) in [7, 11) is 1.89. The Kier molecular flexibility index (Phi) is 7.25. The first-order valence-corrected chi connectivity index (χ1v) is 9.09. The number of unbranched alkanes of at least 4 members (excludes halogenated alkanes) is 1. The van der Waals surface area contributed by atoms with Crippen LogP contribution in [0.3, 0.4) is 0 Å². The topological polar surface area (TPSA) is 72.9 Å². The zero-order valence-electron chi connectivity index (χ0n) is 15.2. The van der Waals surface area contributed by atoms with Crippen molar-refractivity contribution in [3.05, 3.63) is 35.4 Å². The number of nitrogens with zero attached hydrogens (tertiary/aromatic N) is 2. The first-order valence-electron chi connectivity index (χ1n) is 9.09. The molecule has 0 saturated carbocycles. The van der Waals surface area contributed by atoms with Gasteiger partial charge in [-0.2, -0.15) is 0 Å². The predicted octanol–water partition coefficient (Wildman–Crippen LogP) is 2.79. The van der Waals surface area contributed by atoms with Gasteiger partial charge in [-0.1, -0.05) is 25.5 Å². The molecule has 0 aromatic heterocycles. The second-order valence-electron chi connectivity index (χ2n) is 6.60.